The third-order valence-electron chi connectivity index (χ3n) is 0.715. The number of carboxylic acids is 1. The highest BCUT2D eigenvalue weighted by Crippen LogP contribution is 1.75. The van der Waals surface area contributed by atoms with Crippen LogP contribution in [0.4, 0.5) is 0 Å². The van der Waals surface area contributed by atoms with E-state index in [1.165, 1.54) is 0 Å². The minimum Gasteiger partial charge on any atom is -0.480 e. The zero-order valence-electron chi connectivity index (χ0n) is 5.58. The van der Waals surface area contributed by atoms with Gasteiger partial charge >= 0.3 is 5.97 Å². The van der Waals surface area contributed by atoms with Gasteiger partial charge in [0.15, 0.2) is 0 Å². The third kappa shape index (κ3) is 7.35. The van der Waals surface area contributed by atoms with E-state index in [-0.39, 0.29) is 19.9 Å². The van der Waals surface area contributed by atoms with E-state index in [0.29, 0.717) is 6.61 Å². The lowest BCUT2D eigenvalue weighted by atomic mass is 10.7. The summed E-state index contributed by atoms with van der Waals surface area (Å²) >= 11 is 0. The molecule has 0 unspecified atom stereocenters. The SMILES string of the molecule is NCOCCOCC(=O)O. The maximum atomic E-state index is 9.84. The van der Waals surface area contributed by atoms with Gasteiger partial charge in [0.1, 0.15) is 6.61 Å². The molecule has 0 heterocycles. The van der Waals surface area contributed by atoms with Crippen molar-refractivity contribution < 1.29 is 19.4 Å². The van der Waals surface area contributed by atoms with Crippen molar-refractivity contribution in [2.75, 3.05) is 26.6 Å². The summed E-state index contributed by atoms with van der Waals surface area (Å²) in [6, 6.07) is 0. The predicted octanol–water partition coefficient (Wildman–Crippen LogP) is -0.980. The lowest BCUT2D eigenvalue weighted by Crippen LogP contribution is -2.13. The van der Waals surface area contributed by atoms with Crippen LogP contribution in [0.2, 0.25) is 0 Å². The Kier molecular flexibility index (Phi) is 6.05. The Bertz CT molecular complexity index is 95.6. The molecule has 10 heavy (non-hydrogen) atoms. The summed E-state index contributed by atoms with van der Waals surface area (Å²) in [5, 5.41) is 8.08. The molecular weight excluding hydrogens is 138 g/mol. The lowest BCUT2D eigenvalue weighted by Gasteiger charge is -1.99. The molecule has 3 N–H and O–H groups in total. The zero-order chi connectivity index (χ0) is 7.82. The summed E-state index contributed by atoms with van der Waals surface area (Å²) in [6.07, 6.45) is 0. The van der Waals surface area contributed by atoms with Crippen LogP contribution in [0.1, 0.15) is 0 Å². The number of carbonyl (C=O) groups is 1. The third-order valence-corrected chi connectivity index (χ3v) is 0.715. The van der Waals surface area contributed by atoms with E-state index >= 15 is 0 Å². The maximum absolute atomic E-state index is 9.84. The average molecular weight is 149 g/mol. The van der Waals surface area contributed by atoms with Crippen molar-refractivity contribution in [2.45, 2.75) is 0 Å². The van der Waals surface area contributed by atoms with Crippen LogP contribution in [-0.4, -0.2) is 37.6 Å². The number of aliphatic carboxylic acids is 1. The predicted molar refractivity (Wildman–Crippen MR) is 33.5 cm³/mol. The molecule has 0 bridgehead atoms. The highest BCUT2D eigenvalue weighted by molar-refractivity contribution is 5.67. The van der Waals surface area contributed by atoms with Gasteiger partial charge in [0.25, 0.3) is 0 Å². The van der Waals surface area contributed by atoms with Crippen LogP contribution in [0.15, 0.2) is 0 Å². The van der Waals surface area contributed by atoms with E-state index < -0.39 is 5.97 Å². The summed E-state index contributed by atoms with van der Waals surface area (Å²) in [5.74, 6) is -0.979. The Morgan fingerprint density at radius 1 is 1.40 bits per heavy atom. The minimum absolute atomic E-state index is 0.135. The van der Waals surface area contributed by atoms with Crippen molar-refractivity contribution in [3.05, 3.63) is 0 Å². The first kappa shape index (κ1) is 9.35. The molecule has 0 saturated heterocycles. The Labute approximate surface area is 58.7 Å². The molecule has 0 amide bonds. The van der Waals surface area contributed by atoms with Gasteiger partial charge in [-0.3, -0.25) is 0 Å². The molecule has 0 aromatic rings. The van der Waals surface area contributed by atoms with E-state index in [1.807, 2.05) is 0 Å². The van der Waals surface area contributed by atoms with Crippen LogP contribution in [0.3, 0.4) is 0 Å². The first-order valence-electron chi connectivity index (χ1n) is 2.84. The van der Waals surface area contributed by atoms with Crippen LogP contribution >= 0.6 is 0 Å². The molecule has 0 atom stereocenters. The zero-order valence-corrected chi connectivity index (χ0v) is 5.58. The second-order valence-electron chi connectivity index (χ2n) is 1.52. The van der Waals surface area contributed by atoms with E-state index in [0.717, 1.165) is 0 Å². The quantitative estimate of drug-likeness (QED) is 0.374. The van der Waals surface area contributed by atoms with Crippen LogP contribution in [-0.2, 0) is 14.3 Å². The van der Waals surface area contributed by atoms with Crippen molar-refractivity contribution in [2.24, 2.45) is 5.73 Å². The molecule has 0 aliphatic heterocycles. The number of hydrogen-bond acceptors (Lipinski definition) is 4. The highest BCUT2D eigenvalue weighted by Gasteiger charge is 1.94. The van der Waals surface area contributed by atoms with Crippen LogP contribution in [0, 0.1) is 0 Å². The molecule has 0 aromatic carbocycles. The smallest absolute Gasteiger partial charge is 0.329 e. The molecule has 0 saturated carbocycles. The van der Waals surface area contributed by atoms with Gasteiger partial charge in [-0.05, 0) is 0 Å². The van der Waals surface area contributed by atoms with Crippen LogP contribution in [0.25, 0.3) is 0 Å². The van der Waals surface area contributed by atoms with E-state index in [4.69, 9.17) is 10.8 Å². The Hall–Kier alpha value is -0.650. The molecule has 0 rings (SSSR count). The topological polar surface area (TPSA) is 81.8 Å². The van der Waals surface area contributed by atoms with Gasteiger partial charge in [-0.15, -0.1) is 0 Å². The number of rotatable bonds is 6. The molecule has 60 valence electrons. The fraction of sp³-hybridized carbons (Fsp3) is 0.800. The van der Waals surface area contributed by atoms with Gasteiger partial charge in [-0.2, -0.15) is 0 Å². The summed E-state index contributed by atoms with van der Waals surface area (Å²) < 4.78 is 9.29. The summed E-state index contributed by atoms with van der Waals surface area (Å²) in [4.78, 5) is 9.84. The second-order valence-corrected chi connectivity index (χ2v) is 1.52. The monoisotopic (exact) mass is 149 g/mol. The van der Waals surface area contributed by atoms with Gasteiger partial charge in [-0.1, -0.05) is 0 Å². The minimum atomic E-state index is -0.979. The summed E-state index contributed by atoms with van der Waals surface area (Å²) in [7, 11) is 0. The van der Waals surface area contributed by atoms with Gasteiger partial charge in [0.05, 0.1) is 19.9 Å². The van der Waals surface area contributed by atoms with Crippen molar-refractivity contribution in [3.8, 4) is 0 Å². The largest absolute Gasteiger partial charge is 0.480 e. The van der Waals surface area contributed by atoms with E-state index in [9.17, 15) is 4.79 Å². The number of carboxylic acid groups (broad SMARTS) is 1. The molecule has 5 heteroatoms. The van der Waals surface area contributed by atoms with Crippen LogP contribution in [0.5, 0.6) is 0 Å². The molecular formula is C5H11NO4. The summed E-state index contributed by atoms with van der Waals surface area (Å²) in [6.45, 7) is 0.456. The average Bonchev–Trinajstić information content (AvgIpc) is 1.87. The number of hydrogen-bond donors (Lipinski definition) is 2. The normalized spacial score (nSPS) is 9.70. The fourth-order valence-electron chi connectivity index (χ4n) is 0.361. The van der Waals surface area contributed by atoms with Crippen molar-refractivity contribution >= 4 is 5.97 Å². The molecule has 0 aliphatic rings. The van der Waals surface area contributed by atoms with Gasteiger partial charge in [-0.25, -0.2) is 4.79 Å². The van der Waals surface area contributed by atoms with E-state index in [1.54, 1.807) is 0 Å². The van der Waals surface area contributed by atoms with E-state index in [2.05, 4.69) is 9.47 Å². The summed E-state index contributed by atoms with van der Waals surface area (Å²) in [5.41, 5.74) is 4.98. The lowest BCUT2D eigenvalue weighted by molar-refractivity contribution is -0.142. The van der Waals surface area contributed by atoms with Crippen molar-refractivity contribution in [1.82, 2.24) is 0 Å². The second kappa shape index (κ2) is 6.47. The molecule has 0 aromatic heterocycles. The molecule has 5 nitrogen and oxygen atoms in total. The maximum Gasteiger partial charge on any atom is 0.329 e. The molecule has 0 aliphatic carbocycles. The molecule has 0 spiro atoms. The van der Waals surface area contributed by atoms with Crippen LogP contribution < -0.4 is 5.73 Å². The Morgan fingerprint density at radius 3 is 2.50 bits per heavy atom. The number of ether oxygens (including phenoxy) is 2. The molecule has 0 fully saturated rings. The van der Waals surface area contributed by atoms with Crippen molar-refractivity contribution in [3.63, 3.8) is 0 Å². The van der Waals surface area contributed by atoms with Gasteiger partial charge < -0.3 is 20.3 Å². The van der Waals surface area contributed by atoms with Gasteiger partial charge in [0, 0.05) is 0 Å². The first-order chi connectivity index (χ1) is 4.77. The standard InChI is InChI=1S/C5H11NO4/c6-4-10-2-1-9-3-5(7)8/h1-4,6H2,(H,7,8). The van der Waals surface area contributed by atoms with Crippen molar-refractivity contribution in [1.29, 1.82) is 0 Å². The number of nitrogens with two attached hydrogens (primary N) is 1. The highest BCUT2D eigenvalue weighted by atomic mass is 16.5. The fourth-order valence-corrected chi connectivity index (χ4v) is 0.361. The molecule has 0 radical (unpaired) electrons. The van der Waals surface area contributed by atoms with Gasteiger partial charge in [0.2, 0.25) is 0 Å². The Morgan fingerprint density at radius 2 is 2.00 bits per heavy atom. The Balaban J connectivity index is 2.84. The first-order valence-corrected chi connectivity index (χ1v) is 2.84.